The minimum atomic E-state index is -0.114. The summed E-state index contributed by atoms with van der Waals surface area (Å²) in [6.07, 6.45) is 2.18. The number of nitrogens with one attached hydrogen (secondary N) is 1. The fourth-order valence-corrected chi connectivity index (χ4v) is 2.73. The largest absolute Gasteiger partial charge is 0.316 e. The molecule has 1 saturated heterocycles. The number of halogens is 1. The molecule has 0 radical (unpaired) electrons. The molecule has 1 aromatic rings. The Morgan fingerprint density at radius 1 is 1.41 bits per heavy atom. The molecular formula is C15H22FN. The van der Waals surface area contributed by atoms with E-state index < -0.39 is 0 Å². The molecule has 2 heteroatoms. The second-order valence-corrected chi connectivity index (χ2v) is 5.93. The third-order valence-corrected chi connectivity index (χ3v) is 4.13. The van der Waals surface area contributed by atoms with E-state index in [4.69, 9.17) is 0 Å². The summed E-state index contributed by atoms with van der Waals surface area (Å²) in [5.74, 6) is 0.529. The third-order valence-electron chi connectivity index (χ3n) is 4.13. The van der Waals surface area contributed by atoms with Crippen LogP contribution in [-0.4, -0.2) is 13.1 Å². The number of aryl methyl sites for hydroxylation is 1. The molecule has 17 heavy (non-hydrogen) atoms. The van der Waals surface area contributed by atoms with Crippen LogP contribution in [0.1, 0.15) is 31.4 Å². The predicted octanol–water partition coefficient (Wildman–Crippen LogP) is 3.31. The van der Waals surface area contributed by atoms with E-state index >= 15 is 0 Å². The van der Waals surface area contributed by atoms with Crippen LogP contribution >= 0.6 is 0 Å². The number of piperidine rings is 1. The van der Waals surface area contributed by atoms with Gasteiger partial charge in [-0.3, -0.25) is 0 Å². The van der Waals surface area contributed by atoms with E-state index in [0.717, 1.165) is 19.5 Å². The van der Waals surface area contributed by atoms with E-state index in [0.29, 0.717) is 11.3 Å². The van der Waals surface area contributed by atoms with Crippen LogP contribution in [0.5, 0.6) is 0 Å². The van der Waals surface area contributed by atoms with Crippen LogP contribution in [0.3, 0.4) is 0 Å². The molecule has 0 aromatic heterocycles. The molecule has 1 heterocycles. The van der Waals surface area contributed by atoms with Gasteiger partial charge in [0.25, 0.3) is 0 Å². The summed E-state index contributed by atoms with van der Waals surface area (Å²) < 4.78 is 13.3. The van der Waals surface area contributed by atoms with Gasteiger partial charge in [0.15, 0.2) is 0 Å². The van der Waals surface area contributed by atoms with Crippen molar-refractivity contribution in [1.82, 2.24) is 5.32 Å². The molecule has 1 atom stereocenters. The van der Waals surface area contributed by atoms with Crippen LogP contribution in [0.4, 0.5) is 4.39 Å². The van der Waals surface area contributed by atoms with Crippen LogP contribution in [0.25, 0.3) is 0 Å². The van der Waals surface area contributed by atoms with Crippen molar-refractivity contribution in [3.8, 4) is 0 Å². The maximum atomic E-state index is 13.3. The highest BCUT2D eigenvalue weighted by molar-refractivity contribution is 5.27. The van der Waals surface area contributed by atoms with Crippen LogP contribution in [0.2, 0.25) is 0 Å². The van der Waals surface area contributed by atoms with Gasteiger partial charge in [0.1, 0.15) is 5.82 Å². The Kier molecular flexibility index (Phi) is 3.53. The van der Waals surface area contributed by atoms with E-state index in [1.807, 2.05) is 6.07 Å². The fraction of sp³-hybridized carbons (Fsp3) is 0.600. The molecular weight excluding hydrogens is 213 g/mol. The Labute approximate surface area is 103 Å². The minimum Gasteiger partial charge on any atom is -0.316 e. The lowest BCUT2D eigenvalue weighted by molar-refractivity contribution is 0.155. The summed E-state index contributed by atoms with van der Waals surface area (Å²) in [5.41, 5.74) is 2.68. The lowest BCUT2D eigenvalue weighted by Crippen LogP contribution is -2.43. The molecule has 1 nitrogen and oxygen atoms in total. The Hall–Kier alpha value is -0.890. The normalized spacial score (nSPS) is 23.6. The van der Waals surface area contributed by atoms with Crippen molar-refractivity contribution in [1.29, 1.82) is 0 Å². The first kappa shape index (κ1) is 12.6. The second-order valence-electron chi connectivity index (χ2n) is 5.93. The van der Waals surface area contributed by atoms with Gasteiger partial charge in [-0.2, -0.15) is 0 Å². The van der Waals surface area contributed by atoms with Gasteiger partial charge in [0, 0.05) is 6.54 Å². The molecule has 0 aliphatic carbocycles. The minimum absolute atomic E-state index is 0.114. The van der Waals surface area contributed by atoms with Crippen molar-refractivity contribution in [3.05, 3.63) is 35.1 Å². The molecule has 2 rings (SSSR count). The molecule has 0 bridgehead atoms. The fourth-order valence-electron chi connectivity index (χ4n) is 2.73. The summed E-state index contributed by atoms with van der Waals surface area (Å²) in [7, 11) is 0. The predicted molar refractivity (Wildman–Crippen MR) is 69.6 cm³/mol. The summed E-state index contributed by atoms with van der Waals surface area (Å²) >= 11 is 0. The lowest BCUT2D eigenvalue weighted by Gasteiger charge is -2.39. The summed E-state index contributed by atoms with van der Waals surface area (Å²) in [6, 6.07) is 5.14. The molecule has 1 unspecified atom stereocenters. The average Bonchev–Trinajstić information content (AvgIpc) is 2.26. The Morgan fingerprint density at radius 2 is 2.18 bits per heavy atom. The molecule has 1 aliphatic heterocycles. The van der Waals surface area contributed by atoms with Gasteiger partial charge in [-0.05, 0) is 60.9 Å². The van der Waals surface area contributed by atoms with Gasteiger partial charge in [-0.25, -0.2) is 4.39 Å². The quantitative estimate of drug-likeness (QED) is 0.829. The second kappa shape index (κ2) is 4.77. The van der Waals surface area contributed by atoms with Crippen LogP contribution < -0.4 is 5.32 Å². The smallest absolute Gasteiger partial charge is 0.123 e. The SMILES string of the molecule is Cc1ccc(F)cc1CC1CCNCC1(C)C. The molecule has 0 amide bonds. The molecule has 1 aromatic carbocycles. The number of hydrogen-bond acceptors (Lipinski definition) is 1. The van der Waals surface area contributed by atoms with Crippen LogP contribution in [0.15, 0.2) is 18.2 Å². The van der Waals surface area contributed by atoms with Crippen LogP contribution in [-0.2, 0) is 6.42 Å². The van der Waals surface area contributed by atoms with Gasteiger partial charge < -0.3 is 5.32 Å². The highest BCUT2D eigenvalue weighted by Crippen LogP contribution is 2.34. The molecule has 0 saturated carbocycles. The zero-order chi connectivity index (χ0) is 12.5. The molecule has 1 fully saturated rings. The first-order valence-corrected chi connectivity index (χ1v) is 6.45. The Bertz CT molecular complexity index is 398. The summed E-state index contributed by atoms with van der Waals surface area (Å²) in [4.78, 5) is 0. The average molecular weight is 235 g/mol. The van der Waals surface area contributed by atoms with E-state index in [9.17, 15) is 4.39 Å². The van der Waals surface area contributed by atoms with Gasteiger partial charge >= 0.3 is 0 Å². The topological polar surface area (TPSA) is 12.0 Å². The molecule has 0 spiro atoms. The molecule has 1 aliphatic rings. The standard InChI is InChI=1S/C15H22FN/c1-11-4-5-14(16)9-12(11)8-13-6-7-17-10-15(13,2)3/h4-5,9,13,17H,6-8,10H2,1-3H3. The van der Waals surface area contributed by atoms with Gasteiger partial charge in [0.2, 0.25) is 0 Å². The van der Waals surface area contributed by atoms with Crippen molar-refractivity contribution in [2.45, 2.75) is 33.6 Å². The summed E-state index contributed by atoms with van der Waals surface area (Å²) in [6.45, 7) is 8.83. The highest BCUT2D eigenvalue weighted by atomic mass is 19.1. The number of hydrogen-bond donors (Lipinski definition) is 1. The third kappa shape index (κ3) is 2.86. The number of rotatable bonds is 2. The van der Waals surface area contributed by atoms with E-state index in [1.165, 1.54) is 17.5 Å². The van der Waals surface area contributed by atoms with Gasteiger partial charge in [-0.1, -0.05) is 19.9 Å². The van der Waals surface area contributed by atoms with E-state index in [2.05, 4.69) is 26.1 Å². The van der Waals surface area contributed by atoms with Crippen molar-refractivity contribution in [3.63, 3.8) is 0 Å². The van der Waals surface area contributed by atoms with Gasteiger partial charge in [0.05, 0.1) is 0 Å². The summed E-state index contributed by atoms with van der Waals surface area (Å²) in [5, 5.41) is 3.44. The van der Waals surface area contributed by atoms with Gasteiger partial charge in [-0.15, -0.1) is 0 Å². The highest BCUT2D eigenvalue weighted by Gasteiger charge is 2.32. The zero-order valence-electron chi connectivity index (χ0n) is 11.0. The van der Waals surface area contributed by atoms with Crippen molar-refractivity contribution >= 4 is 0 Å². The zero-order valence-corrected chi connectivity index (χ0v) is 11.0. The molecule has 1 N–H and O–H groups in total. The van der Waals surface area contributed by atoms with E-state index in [1.54, 1.807) is 12.1 Å². The van der Waals surface area contributed by atoms with E-state index in [-0.39, 0.29) is 5.82 Å². The Morgan fingerprint density at radius 3 is 2.88 bits per heavy atom. The maximum Gasteiger partial charge on any atom is 0.123 e. The molecule has 94 valence electrons. The first-order chi connectivity index (χ1) is 7.99. The van der Waals surface area contributed by atoms with Crippen molar-refractivity contribution in [2.24, 2.45) is 11.3 Å². The van der Waals surface area contributed by atoms with Crippen molar-refractivity contribution < 1.29 is 4.39 Å². The first-order valence-electron chi connectivity index (χ1n) is 6.45. The Balaban J connectivity index is 2.16. The lowest BCUT2D eigenvalue weighted by atomic mass is 9.71. The monoisotopic (exact) mass is 235 g/mol. The van der Waals surface area contributed by atoms with Crippen molar-refractivity contribution in [2.75, 3.05) is 13.1 Å². The number of benzene rings is 1. The van der Waals surface area contributed by atoms with Crippen LogP contribution in [0, 0.1) is 24.1 Å². The maximum absolute atomic E-state index is 13.3.